The number of halogens is 3. The third-order valence-corrected chi connectivity index (χ3v) is 3.90. The normalized spacial score (nSPS) is 10.4. The summed E-state index contributed by atoms with van der Waals surface area (Å²) in [6.07, 6.45) is 0. The Morgan fingerprint density at radius 3 is 2.68 bits per heavy atom. The smallest absolute Gasteiger partial charge is 0.271 e. The third kappa shape index (κ3) is 5.41. The highest BCUT2D eigenvalue weighted by Crippen LogP contribution is 2.26. The Labute approximate surface area is 151 Å². The van der Waals surface area contributed by atoms with Gasteiger partial charge in [0, 0.05) is 28.0 Å². The lowest BCUT2D eigenvalue weighted by molar-refractivity contribution is 0.0911. The number of nitrogens with zero attached hydrogens (tertiary/aromatic N) is 1. The first-order valence-corrected chi connectivity index (χ1v) is 7.41. The molecule has 3 N–H and O–H groups in total. The second-order valence-corrected chi connectivity index (χ2v) is 6.38. The quantitative estimate of drug-likeness (QED) is 0.845. The Morgan fingerprint density at radius 1 is 1.41 bits per heavy atom. The van der Waals surface area contributed by atoms with Crippen LogP contribution in [0.25, 0.3) is 10.6 Å². The van der Waals surface area contributed by atoms with Crippen LogP contribution < -0.4 is 11.1 Å². The zero-order chi connectivity index (χ0) is 14.8. The Morgan fingerprint density at radius 2 is 2.09 bits per heavy atom. The Bertz CT molecular complexity index is 631. The molecule has 0 fully saturated rings. The number of nitrogens with two attached hydrogens (primary N) is 1. The summed E-state index contributed by atoms with van der Waals surface area (Å²) in [5.74, 6) is -0.218. The third-order valence-electron chi connectivity index (χ3n) is 2.77. The lowest BCUT2D eigenvalue weighted by Crippen LogP contribution is -2.48. The molecule has 0 aliphatic carbocycles. The van der Waals surface area contributed by atoms with Crippen molar-refractivity contribution in [2.45, 2.75) is 19.4 Å². The van der Waals surface area contributed by atoms with E-state index in [1.165, 1.54) is 11.3 Å². The van der Waals surface area contributed by atoms with Gasteiger partial charge in [0.05, 0.1) is 0 Å². The van der Waals surface area contributed by atoms with E-state index in [2.05, 4.69) is 10.3 Å². The highest BCUT2D eigenvalue weighted by Gasteiger charge is 2.21. The number of amides is 1. The van der Waals surface area contributed by atoms with Crippen LogP contribution in [0.15, 0.2) is 29.6 Å². The summed E-state index contributed by atoms with van der Waals surface area (Å²) in [4.78, 5) is 16.4. The molecule has 2 aromatic rings. The van der Waals surface area contributed by atoms with Crippen LogP contribution in [0.3, 0.4) is 0 Å². The maximum Gasteiger partial charge on any atom is 0.271 e. The lowest BCUT2D eigenvalue weighted by atomic mass is 10.1. The van der Waals surface area contributed by atoms with Gasteiger partial charge in [0.1, 0.15) is 10.7 Å². The van der Waals surface area contributed by atoms with E-state index in [4.69, 9.17) is 17.3 Å². The second kappa shape index (κ2) is 8.70. The van der Waals surface area contributed by atoms with Gasteiger partial charge in [0.15, 0.2) is 0 Å². The number of rotatable bonds is 4. The summed E-state index contributed by atoms with van der Waals surface area (Å²) >= 11 is 7.37. The molecule has 1 heterocycles. The predicted molar refractivity (Wildman–Crippen MR) is 97.7 cm³/mol. The number of benzene rings is 1. The topological polar surface area (TPSA) is 68.0 Å². The molecular weight excluding hydrogens is 365 g/mol. The Balaban J connectivity index is 0.00000220. The molecule has 0 radical (unpaired) electrons. The molecular formula is C14H18Cl3N3OS. The fourth-order valence-corrected chi connectivity index (χ4v) is 2.54. The van der Waals surface area contributed by atoms with Crippen molar-refractivity contribution in [3.05, 3.63) is 40.4 Å². The van der Waals surface area contributed by atoms with E-state index in [9.17, 15) is 4.79 Å². The van der Waals surface area contributed by atoms with Crippen molar-refractivity contribution in [2.24, 2.45) is 5.73 Å². The van der Waals surface area contributed by atoms with Crippen LogP contribution in [0.2, 0.25) is 5.02 Å². The van der Waals surface area contributed by atoms with Crippen molar-refractivity contribution in [3.63, 3.8) is 0 Å². The van der Waals surface area contributed by atoms with E-state index in [0.29, 0.717) is 17.3 Å². The minimum absolute atomic E-state index is 0. The minimum Gasteiger partial charge on any atom is -0.345 e. The summed E-state index contributed by atoms with van der Waals surface area (Å²) in [6, 6.07) is 7.40. The minimum atomic E-state index is -0.448. The fourth-order valence-electron chi connectivity index (χ4n) is 1.55. The first-order chi connectivity index (χ1) is 9.41. The molecule has 4 nitrogen and oxygen atoms in total. The Kier molecular flexibility index (Phi) is 8.36. The van der Waals surface area contributed by atoms with Crippen LogP contribution in [-0.2, 0) is 0 Å². The molecule has 1 aromatic carbocycles. The maximum absolute atomic E-state index is 12.1. The molecule has 22 heavy (non-hydrogen) atoms. The molecule has 0 aliphatic heterocycles. The molecule has 0 aliphatic rings. The predicted octanol–water partition coefficient (Wildman–Crippen LogP) is 3.77. The summed E-state index contributed by atoms with van der Waals surface area (Å²) < 4.78 is 0. The number of nitrogens with one attached hydrogen (secondary N) is 1. The molecule has 122 valence electrons. The van der Waals surface area contributed by atoms with Gasteiger partial charge in [0.25, 0.3) is 5.91 Å². The zero-order valence-electron chi connectivity index (χ0n) is 12.1. The van der Waals surface area contributed by atoms with Crippen molar-refractivity contribution in [3.8, 4) is 10.6 Å². The van der Waals surface area contributed by atoms with Crippen molar-refractivity contribution in [1.29, 1.82) is 0 Å². The van der Waals surface area contributed by atoms with Gasteiger partial charge < -0.3 is 11.1 Å². The van der Waals surface area contributed by atoms with Gasteiger partial charge in [-0.3, -0.25) is 4.79 Å². The summed E-state index contributed by atoms with van der Waals surface area (Å²) in [6.45, 7) is 4.11. The number of carbonyl (C=O) groups is 1. The van der Waals surface area contributed by atoms with E-state index < -0.39 is 5.54 Å². The van der Waals surface area contributed by atoms with E-state index in [1.807, 2.05) is 32.0 Å². The number of hydrogen-bond donors (Lipinski definition) is 2. The standard InChI is InChI=1S/C14H16ClN3OS.2ClH/c1-14(2,8-16)18-12(19)11-7-20-13(17-11)9-4-3-5-10(15)6-9;;/h3-7H,8,16H2,1-2H3,(H,18,19);2*1H. The molecule has 2 rings (SSSR count). The van der Waals surface area contributed by atoms with Crippen molar-refractivity contribution in [2.75, 3.05) is 6.54 Å². The van der Waals surface area contributed by atoms with Crippen LogP contribution in [0.4, 0.5) is 0 Å². The van der Waals surface area contributed by atoms with Gasteiger partial charge in [-0.05, 0) is 26.0 Å². The van der Waals surface area contributed by atoms with Gasteiger partial charge in [-0.2, -0.15) is 0 Å². The highest BCUT2D eigenvalue weighted by atomic mass is 35.5. The molecule has 1 amide bonds. The van der Waals surface area contributed by atoms with Gasteiger partial charge in [0.2, 0.25) is 0 Å². The van der Waals surface area contributed by atoms with E-state index >= 15 is 0 Å². The fraction of sp³-hybridized carbons (Fsp3) is 0.286. The van der Waals surface area contributed by atoms with E-state index in [1.54, 1.807) is 11.4 Å². The molecule has 1 aromatic heterocycles. The molecule has 0 spiro atoms. The summed E-state index contributed by atoms with van der Waals surface area (Å²) in [5, 5.41) is 6.00. The molecule has 0 unspecified atom stereocenters. The van der Waals surface area contributed by atoms with Crippen molar-refractivity contribution < 1.29 is 4.79 Å². The first kappa shape index (κ1) is 21.1. The highest BCUT2D eigenvalue weighted by molar-refractivity contribution is 7.13. The van der Waals surface area contributed by atoms with Crippen LogP contribution in [0, 0.1) is 0 Å². The van der Waals surface area contributed by atoms with Gasteiger partial charge in [-0.25, -0.2) is 4.98 Å². The van der Waals surface area contributed by atoms with Crippen LogP contribution in [0.1, 0.15) is 24.3 Å². The van der Waals surface area contributed by atoms with E-state index in [-0.39, 0.29) is 30.7 Å². The molecule has 0 atom stereocenters. The monoisotopic (exact) mass is 381 g/mol. The largest absolute Gasteiger partial charge is 0.345 e. The van der Waals surface area contributed by atoms with E-state index in [0.717, 1.165) is 10.6 Å². The van der Waals surface area contributed by atoms with Gasteiger partial charge in [-0.1, -0.05) is 23.7 Å². The number of hydrogen-bond acceptors (Lipinski definition) is 4. The molecule has 8 heteroatoms. The SMILES string of the molecule is CC(C)(CN)NC(=O)c1csc(-c2cccc(Cl)c2)n1.Cl.Cl. The zero-order valence-corrected chi connectivity index (χ0v) is 15.3. The van der Waals surface area contributed by atoms with Gasteiger partial charge in [-0.15, -0.1) is 36.2 Å². The number of aromatic nitrogens is 1. The van der Waals surface area contributed by atoms with Crippen LogP contribution in [0.5, 0.6) is 0 Å². The first-order valence-electron chi connectivity index (χ1n) is 6.15. The molecule has 0 bridgehead atoms. The van der Waals surface area contributed by atoms with Crippen molar-refractivity contribution in [1.82, 2.24) is 10.3 Å². The number of thiazole rings is 1. The number of carbonyl (C=O) groups excluding carboxylic acids is 1. The molecule has 0 saturated carbocycles. The summed E-state index contributed by atoms with van der Waals surface area (Å²) in [7, 11) is 0. The average molecular weight is 383 g/mol. The average Bonchev–Trinajstić information content (AvgIpc) is 2.88. The Hall–Kier alpha value is -0.850. The second-order valence-electron chi connectivity index (χ2n) is 5.09. The summed E-state index contributed by atoms with van der Waals surface area (Å²) in [5.41, 5.74) is 6.45. The lowest BCUT2D eigenvalue weighted by Gasteiger charge is -2.23. The van der Waals surface area contributed by atoms with Crippen LogP contribution in [-0.4, -0.2) is 23.0 Å². The maximum atomic E-state index is 12.1. The van der Waals surface area contributed by atoms with Gasteiger partial charge >= 0.3 is 0 Å². The van der Waals surface area contributed by atoms with Crippen LogP contribution >= 0.6 is 47.8 Å². The molecule has 0 saturated heterocycles. The van der Waals surface area contributed by atoms with Crippen molar-refractivity contribution >= 4 is 53.7 Å².